The van der Waals surface area contributed by atoms with E-state index in [1.54, 1.807) is 6.07 Å². The molecule has 100 valence electrons. The van der Waals surface area contributed by atoms with Gasteiger partial charge in [-0.05, 0) is 19.1 Å². The summed E-state index contributed by atoms with van der Waals surface area (Å²) in [6.07, 6.45) is 1.52. The van der Waals surface area contributed by atoms with Crippen LogP contribution in [0.4, 0.5) is 8.78 Å². The Morgan fingerprint density at radius 2 is 2.16 bits per heavy atom. The second-order valence-corrected chi connectivity index (χ2v) is 3.95. The highest BCUT2D eigenvalue weighted by molar-refractivity contribution is 5.92. The molecule has 0 saturated carbocycles. The number of carbonyl (C=O) groups excluding carboxylic acids is 1. The predicted octanol–water partition coefficient (Wildman–Crippen LogP) is 2.11. The fourth-order valence-corrected chi connectivity index (χ4v) is 1.71. The van der Waals surface area contributed by atoms with Crippen LogP contribution in [0.3, 0.4) is 0 Å². The Morgan fingerprint density at radius 1 is 1.37 bits per heavy atom. The molecule has 2 rings (SSSR count). The van der Waals surface area contributed by atoms with Gasteiger partial charge in [-0.15, -0.1) is 0 Å². The molecule has 19 heavy (non-hydrogen) atoms. The maximum atomic E-state index is 13.4. The van der Waals surface area contributed by atoms with Gasteiger partial charge < -0.3 is 5.32 Å². The average Bonchev–Trinajstić information content (AvgIpc) is 2.85. The van der Waals surface area contributed by atoms with Crippen molar-refractivity contribution in [2.75, 3.05) is 0 Å². The molecule has 1 heterocycles. The Morgan fingerprint density at radius 3 is 2.84 bits per heavy atom. The molecule has 0 aliphatic carbocycles. The second-order valence-electron chi connectivity index (χ2n) is 3.95. The largest absolute Gasteiger partial charge is 0.347 e. The van der Waals surface area contributed by atoms with E-state index >= 15 is 0 Å². The van der Waals surface area contributed by atoms with Crippen LogP contribution < -0.4 is 5.32 Å². The fraction of sp³-hybridized carbons (Fsp3) is 0.231. The smallest absolute Gasteiger partial charge is 0.269 e. The zero-order chi connectivity index (χ0) is 13.8. The SMILES string of the molecule is CCn1nccc1C(=O)NCc1ccc(F)cc1F. The monoisotopic (exact) mass is 265 g/mol. The van der Waals surface area contributed by atoms with E-state index in [0.29, 0.717) is 12.2 Å². The Kier molecular flexibility index (Phi) is 3.89. The maximum Gasteiger partial charge on any atom is 0.269 e. The Bertz CT molecular complexity index is 595. The van der Waals surface area contributed by atoms with Crippen LogP contribution in [0.1, 0.15) is 23.0 Å². The summed E-state index contributed by atoms with van der Waals surface area (Å²) in [5, 5.41) is 6.55. The number of hydrogen-bond acceptors (Lipinski definition) is 2. The average molecular weight is 265 g/mol. The summed E-state index contributed by atoms with van der Waals surface area (Å²) in [5.74, 6) is -1.66. The summed E-state index contributed by atoms with van der Waals surface area (Å²) in [6, 6.07) is 4.83. The van der Waals surface area contributed by atoms with Gasteiger partial charge in [0.1, 0.15) is 17.3 Å². The Labute approximate surface area is 109 Å². The van der Waals surface area contributed by atoms with Gasteiger partial charge in [-0.2, -0.15) is 5.10 Å². The van der Waals surface area contributed by atoms with Gasteiger partial charge in [-0.1, -0.05) is 6.07 Å². The number of halogens is 2. The van der Waals surface area contributed by atoms with Crippen LogP contribution in [0.25, 0.3) is 0 Å². The summed E-state index contributed by atoms with van der Waals surface area (Å²) >= 11 is 0. The predicted molar refractivity (Wildman–Crippen MR) is 65.4 cm³/mol. The molecular weight excluding hydrogens is 252 g/mol. The lowest BCUT2D eigenvalue weighted by molar-refractivity contribution is 0.0940. The van der Waals surface area contributed by atoms with Crippen LogP contribution in [0.5, 0.6) is 0 Å². The van der Waals surface area contributed by atoms with E-state index in [-0.39, 0.29) is 18.0 Å². The van der Waals surface area contributed by atoms with E-state index < -0.39 is 11.6 Å². The molecule has 0 aliphatic rings. The molecule has 1 aromatic carbocycles. The second kappa shape index (κ2) is 5.60. The molecular formula is C13H13F2N3O. The standard InChI is InChI=1S/C13H13F2N3O/c1-2-18-12(5-6-17-18)13(19)16-8-9-3-4-10(14)7-11(9)15/h3-7H,2,8H2,1H3,(H,16,19). The molecule has 0 spiro atoms. The van der Waals surface area contributed by atoms with Gasteiger partial charge >= 0.3 is 0 Å². The molecule has 1 amide bonds. The number of amides is 1. The van der Waals surface area contributed by atoms with Crippen LogP contribution in [0.15, 0.2) is 30.5 Å². The van der Waals surface area contributed by atoms with Crippen LogP contribution in [-0.4, -0.2) is 15.7 Å². The third kappa shape index (κ3) is 2.96. The summed E-state index contributed by atoms with van der Waals surface area (Å²) in [4.78, 5) is 11.9. The van der Waals surface area contributed by atoms with Gasteiger partial charge in [0.05, 0.1) is 0 Å². The number of hydrogen-bond donors (Lipinski definition) is 1. The molecule has 0 bridgehead atoms. The molecule has 1 aromatic heterocycles. The lowest BCUT2D eigenvalue weighted by atomic mass is 10.2. The lowest BCUT2D eigenvalue weighted by Crippen LogP contribution is -2.26. The summed E-state index contributed by atoms with van der Waals surface area (Å²) in [5.41, 5.74) is 0.641. The topological polar surface area (TPSA) is 46.9 Å². The fourth-order valence-electron chi connectivity index (χ4n) is 1.71. The summed E-state index contributed by atoms with van der Waals surface area (Å²) in [7, 11) is 0. The van der Waals surface area contributed by atoms with Crippen molar-refractivity contribution in [1.82, 2.24) is 15.1 Å². The Balaban J connectivity index is 2.04. The number of benzene rings is 1. The summed E-state index contributed by atoms with van der Waals surface area (Å²) in [6.45, 7) is 2.43. The number of aromatic nitrogens is 2. The minimum Gasteiger partial charge on any atom is -0.347 e. The van der Waals surface area contributed by atoms with Gasteiger partial charge in [-0.3, -0.25) is 9.48 Å². The van der Waals surface area contributed by atoms with Crippen LogP contribution in [-0.2, 0) is 13.1 Å². The minimum atomic E-state index is -0.677. The molecule has 0 unspecified atom stereocenters. The highest BCUT2D eigenvalue weighted by atomic mass is 19.1. The number of nitrogens with one attached hydrogen (secondary N) is 1. The van der Waals surface area contributed by atoms with E-state index in [4.69, 9.17) is 0 Å². The molecule has 0 saturated heterocycles. The van der Waals surface area contributed by atoms with E-state index in [2.05, 4.69) is 10.4 Å². The van der Waals surface area contributed by atoms with Crippen molar-refractivity contribution >= 4 is 5.91 Å². The Hall–Kier alpha value is -2.24. The van der Waals surface area contributed by atoms with Crippen molar-refractivity contribution in [2.24, 2.45) is 0 Å². The van der Waals surface area contributed by atoms with Crippen LogP contribution in [0, 0.1) is 11.6 Å². The van der Waals surface area contributed by atoms with Crippen LogP contribution >= 0.6 is 0 Å². The third-order valence-corrected chi connectivity index (χ3v) is 2.70. The van der Waals surface area contributed by atoms with Crippen molar-refractivity contribution < 1.29 is 13.6 Å². The van der Waals surface area contributed by atoms with E-state index in [9.17, 15) is 13.6 Å². The van der Waals surface area contributed by atoms with Crippen molar-refractivity contribution in [2.45, 2.75) is 20.0 Å². The van der Waals surface area contributed by atoms with Gasteiger partial charge in [0, 0.05) is 30.9 Å². The molecule has 0 aliphatic heterocycles. The van der Waals surface area contributed by atoms with Crippen LogP contribution in [0.2, 0.25) is 0 Å². The first-order valence-electron chi connectivity index (χ1n) is 5.85. The third-order valence-electron chi connectivity index (χ3n) is 2.70. The zero-order valence-electron chi connectivity index (χ0n) is 10.4. The lowest BCUT2D eigenvalue weighted by Gasteiger charge is -2.07. The van der Waals surface area contributed by atoms with Crippen molar-refractivity contribution in [3.05, 3.63) is 53.4 Å². The zero-order valence-corrected chi connectivity index (χ0v) is 10.4. The van der Waals surface area contributed by atoms with E-state index in [1.807, 2.05) is 6.92 Å². The normalized spacial score (nSPS) is 10.5. The van der Waals surface area contributed by atoms with E-state index in [0.717, 1.165) is 12.1 Å². The molecule has 0 atom stereocenters. The highest BCUT2D eigenvalue weighted by Gasteiger charge is 2.11. The van der Waals surface area contributed by atoms with Crippen molar-refractivity contribution in [3.63, 3.8) is 0 Å². The number of carbonyl (C=O) groups is 1. The molecule has 6 heteroatoms. The molecule has 0 fully saturated rings. The van der Waals surface area contributed by atoms with Gasteiger partial charge in [0.15, 0.2) is 0 Å². The first kappa shape index (κ1) is 13.2. The first-order chi connectivity index (χ1) is 9.11. The van der Waals surface area contributed by atoms with Gasteiger partial charge in [0.25, 0.3) is 5.91 Å². The van der Waals surface area contributed by atoms with Crippen molar-refractivity contribution in [1.29, 1.82) is 0 Å². The van der Waals surface area contributed by atoms with Gasteiger partial charge in [-0.25, -0.2) is 8.78 Å². The molecule has 1 N–H and O–H groups in total. The summed E-state index contributed by atoms with van der Waals surface area (Å²) < 4.78 is 27.6. The first-order valence-corrected chi connectivity index (χ1v) is 5.85. The number of aryl methyl sites for hydroxylation is 1. The highest BCUT2D eigenvalue weighted by Crippen LogP contribution is 2.09. The molecule has 0 radical (unpaired) electrons. The number of rotatable bonds is 4. The molecule has 2 aromatic rings. The number of nitrogens with zero attached hydrogens (tertiary/aromatic N) is 2. The van der Waals surface area contributed by atoms with Crippen molar-refractivity contribution in [3.8, 4) is 0 Å². The maximum absolute atomic E-state index is 13.4. The minimum absolute atomic E-state index is 0.000158. The molecule has 4 nitrogen and oxygen atoms in total. The van der Waals surface area contributed by atoms with E-state index in [1.165, 1.54) is 16.9 Å². The van der Waals surface area contributed by atoms with Gasteiger partial charge in [0.2, 0.25) is 0 Å². The quantitative estimate of drug-likeness (QED) is 0.920.